The average Bonchev–Trinajstić information content (AvgIpc) is 2.38. The van der Waals surface area contributed by atoms with Gasteiger partial charge >= 0.3 is 0 Å². The lowest BCUT2D eigenvalue weighted by Crippen LogP contribution is -2.19. The molecule has 0 amide bonds. The van der Waals surface area contributed by atoms with E-state index in [0.717, 1.165) is 5.56 Å². The molecular weight excluding hydrogens is 284 g/mol. The van der Waals surface area contributed by atoms with Crippen molar-refractivity contribution in [3.63, 3.8) is 0 Å². The normalized spacial score (nSPS) is 12.4. The van der Waals surface area contributed by atoms with E-state index in [0.29, 0.717) is 22.2 Å². The minimum absolute atomic E-state index is 0.0179. The minimum Gasteiger partial charge on any atom is -0.306 e. The molecule has 4 heteroatoms. The average molecular weight is 298 g/mol. The highest BCUT2D eigenvalue weighted by Crippen LogP contribution is 2.24. The third-order valence-electron chi connectivity index (χ3n) is 3.02. The van der Waals surface area contributed by atoms with Crippen LogP contribution >= 0.6 is 23.2 Å². The van der Waals surface area contributed by atoms with Gasteiger partial charge in [-0.25, -0.2) is 4.39 Å². The van der Waals surface area contributed by atoms with E-state index in [9.17, 15) is 4.39 Å². The summed E-state index contributed by atoms with van der Waals surface area (Å²) in [5, 5.41) is 4.35. The van der Waals surface area contributed by atoms with Gasteiger partial charge in [-0.2, -0.15) is 0 Å². The Hall–Kier alpha value is -1.09. The molecule has 0 spiro atoms. The molecule has 0 aliphatic heterocycles. The highest BCUT2D eigenvalue weighted by atomic mass is 35.5. The van der Waals surface area contributed by atoms with Gasteiger partial charge in [0.15, 0.2) is 0 Å². The first-order valence-corrected chi connectivity index (χ1v) is 6.76. The van der Waals surface area contributed by atoms with Crippen LogP contribution in [0.25, 0.3) is 0 Å². The Kier molecular flexibility index (Phi) is 4.81. The van der Waals surface area contributed by atoms with Crippen molar-refractivity contribution in [2.75, 3.05) is 0 Å². The van der Waals surface area contributed by atoms with E-state index in [1.807, 2.05) is 31.2 Å². The van der Waals surface area contributed by atoms with Gasteiger partial charge in [0.1, 0.15) is 5.82 Å². The lowest BCUT2D eigenvalue weighted by atomic mass is 10.1. The van der Waals surface area contributed by atoms with Crippen molar-refractivity contribution in [3.05, 3.63) is 69.5 Å². The molecule has 0 saturated carbocycles. The third kappa shape index (κ3) is 3.47. The molecule has 0 aliphatic carbocycles. The summed E-state index contributed by atoms with van der Waals surface area (Å²) in [5.41, 5.74) is 1.46. The molecule has 1 nitrogen and oxygen atoms in total. The van der Waals surface area contributed by atoms with Crippen LogP contribution < -0.4 is 5.32 Å². The summed E-state index contributed by atoms with van der Waals surface area (Å²) in [4.78, 5) is 0. The van der Waals surface area contributed by atoms with E-state index >= 15 is 0 Å². The van der Waals surface area contributed by atoms with Gasteiger partial charge in [-0.15, -0.1) is 0 Å². The van der Waals surface area contributed by atoms with Gasteiger partial charge in [0.05, 0.1) is 0 Å². The molecule has 0 radical (unpaired) electrons. The SMILES string of the molecule is C[C@@H](NCc1c(F)cccc1Cl)c1ccccc1Cl. The lowest BCUT2D eigenvalue weighted by Gasteiger charge is -2.16. The number of nitrogens with one attached hydrogen (secondary N) is 1. The zero-order valence-corrected chi connectivity index (χ0v) is 12.0. The Morgan fingerprint density at radius 2 is 1.74 bits per heavy atom. The summed E-state index contributed by atoms with van der Waals surface area (Å²) >= 11 is 12.1. The maximum atomic E-state index is 13.6. The first-order valence-electron chi connectivity index (χ1n) is 6.00. The summed E-state index contributed by atoms with van der Waals surface area (Å²) < 4.78 is 13.6. The van der Waals surface area contributed by atoms with Crippen LogP contribution in [0.4, 0.5) is 4.39 Å². The predicted molar refractivity (Wildman–Crippen MR) is 78.1 cm³/mol. The van der Waals surface area contributed by atoms with E-state index in [4.69, 9.17) is 23.2 Å². The van der Waals surface area contributed by atoms with Gasteiger partial charge in [0, 0.05) is 28.2 Å². The first kappa shape index (κ1) is 14.3. The predicted octanol–water partition coefficient (Wildman–Crippen LogP) is 4.98. The van der Waals surface area contributed by atoms with Gasteiger partial charge in [0.25, 0.3) is 0 Å². The van der Waals surface area contributed by atoms with Gasteiger partial charge in [-0.05, 0) is 30.7 Å². The monoisotopic (exact) mass is 297 g/mol. The Morgan fingerprint density at radius 1 is 1.05 bits per heavy atom. The Bertz CT molecular complexity index is 552. The molecular formula is C15H14Cl2FN. The Labute approximate surface area is 122 Å². The molecule has 2 rings (SSSR count). The fraction of sp³-hybridized carbons (Fsp3) is 0.200. The summed E-state index contributed by atoms with van der Waals surface area (Å²) in [7, 11) is 0. The topological polar surface area (TPSA) is 12.0 Å². The highest BCUT2D eigenvalue weighted by Gasteiger charge is 2.11. The van der Waals surface area contributed by atoms with Crippen LogP contribution in [0.15, 0.2) is 42.5 Å². The molecule has 100 valence electrons. The molecule has 0 bridgehead atoms. The van der Waals surface area contributed by atoms with Gasteiger partial charge in [0.2, 0.25) is 0 Å². The van der Waals surface area contributed by atoms with Crippen LogP contribution in [0.3, 0.4) is 0 Å². The summed E-state index contributed by atoms with van der Waals surface area (Å²) in [6.07, 6.45) is 0. The maximum Gasteiger partial charge on any atom is 0.129 e. The molecule has 2 aromatic rings. The van der Waals surface area contributed by atoms with Crippen molar-refractivity contribution in [3.8, 4) is 0 Å². The molecule has 2 aromatic carbocycles. The second-order valence-electron chi connectivity index (χ2n) is 4.32. The summed E-state index contributed by atoms with van der Waals surface area (Å²) in [6, 6.07) is 12.3. The number of halogens is 3. The number of benzene rings is 2. The number of hydrogen-bond donors (Lipinski definition) is 1. The molecule has 0 unspecified atom stereocenters. The van der Waals surface area contributed by atoms with Crippen LogP contribution in [-0.2, 0) is 6.54 Å². The molecule has 0 aromatic heterocycles. The quantitative estimate of drug-likeness (QED) is 0.839. The summed E-state index contributed by atoms with van der Waals surface area (Å²) in [5.74, 6) is -0.300. The smallest absolute Gasteiger partial charge is 0.129 e. The Balaban J connectivity index is 2.09. The standard InChI is InChI=1S/C15H14Cl2FN/c1-10(11-5-2-3-6-13(11)16)19-9-12-14(17)7-4-8-15(12)18/h2-8,10,19H,9H2,1H3/t10-/m1/s1. The molecule has 19 heavy (non-hydrogen) atoms. The maximum absolute atomic E-state index is 13.6. The molecule has 0 heterocycles. The minimum atomic E-state index is -0.300. The lowest BCUT2D eigenvalue weighted by molar-refractivity contribution is 0.544. The number of hydrogen-bond acceptors (Lipinski definition) is 1. The van der Waals surface area contributed by atoms with Crippen molar-refractivity contribution in [2.45, 2.75) is 19.5 Å². The van der Waals surface area contributed by atoms with Gasteiger partial charge in [-0.1, -0.05) is 47.5 Å². The van der Waals surface area contributed by atoms with Crippen molar-refractivity contribution in [1.82, 2.24) is 5.32 Å². The molecule has 0 aliphatic rings. The Morgan fingerprint density at radius 3 is 2.42 bits per heavy atom. The second-order valence-corrected chi connectivity index (χ2v) is 5.14. The second kappa shape index (κ2) is 6.38. The van der Waals surface area contributed by atoms with Gasteiger partial charge in [-0.3, -0.25) is 0 Å². The molecule has 1 N–H and O–H groups in total. The third-order valence-corrected chi connectivity index (χ3v) is 3.72. The molecule has 0 fully saturated rings. The fourth-order valence-corrected chi connectivity index (χ4v) is 2.42. The number of rotatable bonds is 4. The largest absolute Gasteiger partial charge is 0.306 e. The van der Waals surface area contributed by atoms with E-state index < -0.39 is 0 Å². The van der Waals surface area contributed by atoms with Crippen LogP contribution in [0.5, 0.6) is 0 Å². The van der Waals surface area contributed by atoms with E-state index in [2.05, 4.69) is 5.32 Å². The highest BCUT2D eigenvalue weighted by molar-refractivity contribution is 6.31. The van der Waals surface area contributed by atoms with Crippen LogP contribution in [0.1, 0.15) is 24.1 Å². The van der Waals surface area contributed by atoms with Crippen LogP contribution in [-0.4, -0.2) is 0 Å². The zero-order valence-electron chi connectivity index (χ0n) is 10.5. The summed E-state index contributed by atoms with van der Waals surface area (Å²) in [6.45, 7) is 2.34. The first-order chi connectivity index (χ1) is 9.09. The van der Waals surface area contributed by atoms with E-state index in [1.54, 1.807) is 12.1 Å². The molecule has 0 saturated heterocycles. The zero-order chi connectivity index (χ0) is 13.8. The van der Waals surface area contributed by atoms with Crippen molar-refractivity contribution < 1.29 is 4.39 Å². The van der Waals surface area contributed by atoms with E-state index in [1.165, 1.54) is 6.07 Å². The van der Waals surface area contributed by atoms with E-state index in [-0.39, 0.29) is 11.9 Å². The van der Waals surface area contributed by atoms with Crippen molar-refractivity contribution in [2.24, 2.45) is 0 Å². The van der Waals surface area contributed by atoms with Gasteiger partial charge < -0.3 is 5.32 Å². The fourth-order valence-electron chi connectivity index (χ4n) is 1.89. The van der Waals surface area contributed by atoms with Crippen LogP contribution in [0.2, 0.25) is 10.0 Å². The molecule has 1 atom stereocenters. The van der Waals surface area contributed by atoms with Crippen molar-refractivity contribution >= 4 is 23.2 Å². The van der Waals surface area contributed by atoms with Crippen LogP contribution in [0, 0.1) is 5.82 Å². The van der Waals surface area contributed by atoms with Crippen molar-refractivity contribution in [1.29, 1.82) is 0 Å².